The van der Waals surface area contributed by atoms with Gasteiger partial charge in [0.25, 0.3) is 5.56 Å². The van der Waals surface area contributed by atoms with E-state index in [0.29, 0.717) is 17.5 Å². The van der Waals surface area contributed by atoms with Crippen molar-refractivity contribution in [2.75, 3.05) is 0 Å². The van der Waals surface area contributed by atoms with Crippen molar-refractivity contribution < 1.29 is 19.1 Å². The topological polar surface area (TPSA) is 114 Å². The van der Waals surface area contributed by atoms with Crippen molar-refractivity contribution in [3.8, 4) is 0 Å². The van der Waals surface area contributed by atoms with E-state index in [1.807, 2.05) is 19.9 Å². The van der Waals surface area contributed by atoms with Gasteiger partial charge in [-0.3, -0.25) is 14.2 Å². The quantitative estimate of drug-likeness (QED) is 0.695. The Labute approximate surface area is 148 Å². The number of rotatable bonds is 6. The Balaban J connectivity index is 1.85. The fourth-order valence-electron chi connectivity index (χ4n) is 2.82. The van der Waals surface area contributed by atoms with Crippen molar-refractivity contribution >= 4 is 33.9 Å². The molecular weight excluding hydrogens is 338 g/mol. The van der Waals surface area contributed by atoms with Crippen LogP contribution in [0.2, 0.25) is 0 Å². The van der Waals surface area contributed by atoms with Crippen LogP contribution in [0.1, 0.15) is 20.3 Å². The minimum absolute atomic E-state index is 0.0680. The molecule has 3 rings (SSSR count). The highest BCUT2D eigenvalue weighted by molar-refractivity contribution is 6.01. The molecule has 2 N–H and O–H groups in total. The molecule has 0 saturated heterocycles. The molecule has 136 valence electrons. The van der Waals surface area contributed by atoms with E-state index in [4.69, 9.17) is 4.42 Å². The maximum absolute atomic E-state index is 12.6. The van der Waals surface area contributed by atoms with Gasteiger partial charge in [-0.2, -0.15) is 0 Å². The van der Waals surface area contributed by atoms with Gasteiger partial charge in [0.2, 0.25) is 11.5 Å². The number of fused-ring (bicyclic) bond motifs is 3. The van der Waals surface area contributed by atoms with Crippen LogP contribution in [0.4, 0.5) is 0 Å². The number of hydrogen-bond acceptors (Lipinski definition) is 5. The largest absolute Gasteiger partial charge is 0.480 e. The van der Waals surface area contributed by atoms with E-state index in [1.54, 1.807) is 18.2 Å². The van der Waals surface area contributed by atoms with Crippen LogP contribution in [0.5, 0.6) is 0 Å². The summed E-state index contributed by atoms with van der Waals surface area (Å²) in [7, 11) is 0. The van der Waals surface area contributed by atoms with Crippen molar-refractivity contribution in [1.82, 2.24) is 14.9 Å². The highest BCUT2D eigenvalue weighted by Gasteiger charge is 2.22. The zero-order valence-electron chi connectivity index (χ0n) is 14.4. The smallest absolute Gasteiger partial charge is 0.326 e. The molecule has 0 radical (unpaired) electrons. The third kappa shape index (κ3) is 3.44. The number of carboxylic acids is 1. The number of aromatic nitrogens is 2. The van der Waals surface area contributed by atoms with Gasteiger partial charge in [0, 0.05) is 5.39 Å². The number of nitrogens with one attached hydrogen (secondary N) is 1. The monoisotopic (exact) mass is 357 g/mol. The minimum atomic E-state index is -1.11. The molecule has 0 unspecified atom stereocenters. The Morgan fingerprint density at radius 3 is 2.73 bits per heavy atom. The highest BCUT2D eigenvalue weighted by atomic mass is 16.4. The van der Waals surface area contributed by atoms with Gasteiger partial charge in [-0.05, 0) is 24.5 Å². The van der Waals surface area contributed by atoms with Gasteiger partial charge in [0.15, 0.2) is 0 Å². The molecule has 8 nitrogen and oxygen atoms in total. The summed E-state index contributed by atoms with van der Waals surface area (Å²) in [6.07, 6.45) is 1.57. The van der Waals surface area contributed by atoms with Crippen molar-refractivity contribution in [2.24, 2.45) is 5.92 Å². The van der Waals surface area contributed by atoms with Crippen molar-refractivity contribution in [1.29, 1.82) is 0 Å². The number of carboxylic acid groups (broad SMARTS) is 1. The van der Waals surface area contributed by atoms with Crippen LogP contribution in [0.15, 0.2) is 39.8 Å². The maximum Gasteiger partial charge on any atom is 0.326 e. The van der Waals surface area contributed by atoms with Crippen LogP contribution in [0.25, 0.3) is 22.1 Å². The number of furan rings is 1. The molecule has 0 aliphatic heterocycles. The van der Waals surface area contributed by atoms with E-state index in [-0.39, 0.29) is 18.0 Å². The van der Waals surface area contributed by atoms with Crippen LogP contribution in [0.3, 0.4) is 0 Å². The third-order valence-electron chi connectivity index (χ3n) is 4.00. The van der Waals surface area contributed by atoms with Gasteiger partial charge < -0.3 is 14.8 Å². The lowest BCUT2D eigenvalue weighted by Gasteiger charge is -2.16. The second-order valence-corrected chi connectivity index (χ2v) is 6.54. The number of aliphatic carboxylic acids is 1. The summed E-state index contributed by atoms with van der Waals surface area (Å²) in [4.78, 5) is 40.2. The third-order valence-corrected chi connectivity index (χ3v) is 4.00. The second-order valence-electron chi connectivity index (χ2n) is 6.54. The van der Waals surface area contributed by atoms with Crippen molar-refractivity contribution in [3.05, 3.63) is 40.9 Å². The Kier molecular flexibility index (Phi) is 4.75. The molecule has 0 spiro atoms. The number of nitrogens with zero attached hydrogens (tertiary/aromatic N) is 2. The molecule has 0 bridgehead atoms. The van der Waals surface area contributed by atoms with Gasteiger partial charge in [-0.15, -0.1) is 0 Å². The normalized spacial score (nSPS) is 12.6. The van der Waals surface area contributed by atoms with Crippen LogP contribution >= 0.6 is 0 Å². The number of hydrogen-bond donors (Lipinski definition) is 2. The molecule has 1 atom stereocenters. The van der Waals surface area contributed by atoms with Crippen LogP contribution < -0.4 is 10.9 Å². The lowest BCUT2D eigenvalue weighted by molar-refractivity contribution is -0.142. The molecule has 8 heteroatoms. The average molecular weight is 357 g/mol. The molecule has 3 aromatic rings. The summed E-state index contributed by atoms with van der Waals surface area (Å²) in [5.74, 6) is -1.57. The number of carbonyl (C=O) groups excluding carboxylic acids is 1. The lowest BCUT2D eigenvalue weighted by atomic mass is 10.0. The maximum atomic E-state index is 12.6. The predicted octanol–water partition coefficient (Wildman–Crippen LogP) is 1.76. The van der Waals surface area contributed by atoms with E-state index in [0.717, 1.165) is 9.95 Å². The first-order chi connectivity index (χ1) is 12.4. The molecule has 1 amide bonds. The van der Waals surface area contributed by atoms with Crippen LogP contribution in [0, 0.1) is 5.92 Å². The summed E-state index contributed by atoms with van der Waals surface area (Å²) in [6, 6.07) is 6.14. The second kappa shape index (κ2) is 6.99. The van der Waals surface area contributed by atoms with Gasteiger partial charge in [-0.25, -0.2) is 9.78 Å². The molecule has 1 aromatic carbocycles. The first-order valence-corrected chi connectivity index (χ1v) is 8.25. The van der Waals surface area contributed by atoms with E-state index >= 15 is 0 Å². The Morgan fingerprint density at radius 1 is 1.31 bits per heavy atom. The minimum Gasteiger partial charge on any atom is -0.480 e. The van der Waals surface area contributed by atoms with Gasteiger partial charge in [0.05, 0.1) is 6.33 Å². The van der Waals surface area contributed by atoms with Gasteiger partial charge in [-0.1, -0.05) is 26.0 Å². The standard InChI is InChI=1S/C18H19N3O5/c1-10(2)7-12(18(24)25)20-14(22)8-21-9-19-15-11-5-3-4-6-13(11)26-16(15)17(21)23/h3-6,9-10,12H,7-8H2,1-2H3,(H,20,22)(H,24,25)/t12-/m1/s1. The first kappa shape index (κ1) is 17.7. The number of para-hydroxylation sites is 1. The summed E-state index contributed by atoms with van der Waals surface area (Å²) < 4.78 is 6.66. The Bertz CT molecular complexity index is 1030. The molecular formula is C18H19N3O5. The zero-order valence-corrected chi connectivity index (χ0v) is 14.4. The van der Waals surface area contributed by atoms with Crippen molar-refractivity contribution in [2.45, 2.75) is 32.9 Å². The molecule has 0 saturated carbocycles. The van der Waals surface area contributed by atoms with Crippen LogP contribution in [-0.2, 0) is 16.1 Å². The number of amides is 1. The van der Waals surface area contributed by atoms with E-state index in [2.05, 4.69) is 10.3 Å². The van der Waals surface area contributed by atoms with Gasteiger partial charge >= 0.3 is 5.97 Å². The fourth-order valence-corrected chi connectivity index (χ4v) is 2.82. The zero-order chi connectivity index (χ0) is 18.8. The molecule has 2 aromatic heterocycles. The van der Waals surface area contributed by atoms with E-state index in [1.165, 1.54) is 6.33 Å². The highest BCUT2D eigenvalue weighted by Crippen LogP contribution is 2.23. The Hall–Kier alpha value is -3.16. The lowest BCUT2D eigenvalue weighted by Crippen LogP contribution is -2.44. The summed E-state index contributed by atoms with van der Waals surface area (Å²) in [5, 5.41) is 12.4. The molecule has 0 aliphatic rings. The van der Waals surface area contributed by atoms with E-state index in [9.17, 15) is 19.5 Å². The number of benzene rings is 1. The molecule has 2 heterocycles. The van der Waals surface area contributed by atoms with Crippen LogP contribution in [-0.4, -0.2) is 32.6 Å². The molecule has 0 fully saturated rings. The first-order valence-electron chi connectivity index (χ1n) is 8.25. The number of carbonyl (C=O) groups is 2. The SMILES string of the molecule is CC(C)C[C@@H](NC(=O)Cn1cnc2c(oc3ccccc32)c1=O)C(=O)O. The molecule has 26 heavy (non-hydrogen) atoms. The molecule has 0 aliphatic carbocycles. The van der Waals surface area contributed by atoms with Gasteiger partial charge in [0.1, 0.15) is 23.7 Å². The summed E-state index contributed by atoms with van der Waals surface area (Å²) in [6.45, 7) is 3.40. The summed E-state index contributed by atoms with van der Waals surface area (Å²) in [5.41, 5.74) is 0.554. The van der Waals surface area contributed by atoms with E-state index < -0.39 is 23.5 Å². The predicted molar refractivity (Wildman–Crippen MR) is 94.8 cm³/mol. The average Bonchev–Trinajstić information content (AvgIpc) is 2.96. The summed E-state index contributed by atoms with van der Waals surface area (Å²) >= 11 is 0. The van der Waals surface area contributed by atoms with Crippen molar-refractivity contribution in [3.63, 3.8) is 0 Å². The fraction of sp³-hybridized carbons (Fsp3) is 0.333. The Morgan fingerprint density at radius 2 is 2.04 bits per heavy atom.